The van der Waals surface area contributed by atoms with Gasteiger partial charge in [-0.2, -0.15) is 16.1 Å². The van der Waals surface area contributed by atoms with E-state index in [0.29, 0.717) is 28.7 Å². The molecule has 9 nitrogen and oxygen atoms in total. The summed E-state index contributed by atoms with van der Waals surface area (Å²) in [5.74, 6) is 0.503. The lowest BCUT2D eigenvalue weighted by molar-refractivity contribution is -0.132. The highest BCUT2D eigenvalue weighted by molar-refractivity contribution is 7.99. The van der Waals surface area contributed by atoms with Crippen molar-refractivity contribution >= 4 is 27.7 Å². The van der Waals surface area contributed by atoms with E-state index in [1.54, 1.807) is 25.4 Å². The number of rotatable bonds is 10. The molecular weight excluding hydrogens is 485 g/mol. The second-order valence-electron chi connectivity index (χ2n) is 7.41. The van der Waals surface area contributed by atoms with Gasteiger partial charge < -0.3 is 9.26 Å². The SMILES string of the molecule is Cc1cc(CS[C@H](C)C(C(=O)NO)N(C)S(=O)(=O)c2ccc(Oc3ccc(F)cc3)cc2)no1. The largest absolute Gasteiger partial charge is 0.457 e. The van der Waals surface area contributed by atoms with Crippen LogP contribution in [0.5, 0.6) is 11.5 Å². The number of thioether (sulfide) groups is 1. The van der Waals surface area contributed by atoms with Crippen LogP contribution in [0.4, 0.5) is 4.39 Å². The van der Waals surface area contributed by atoms with Crippen LogP contribution in [0.2, 0.25) is 0 Å². The van der Waals surface area contributed by atoms with E-state index in [0.717, 1.165) is 4.31 Å². The number of sulfonamides is 1. The number of aromatic nitrogens is 1. The fraction of sp³-hybridized carbons (Fsp3) is 0.273. The van der Waals surface area contributed by atoms with E-state index in [4.69, 9.17) is 9.26 Å². The summed E-state index contributed by atoms with van der Waals surface area (Å²) in [5.41, 5.74) is 2.21. The lowest BCUT2D eigenvalue weighted by Gasteiger charge is -2.30. The number of benzene rings is 2. The van der Waals surface area contributed by atoms with Crippen molar-refractivity contribution in [2.24, 2.45) is 0 Å². The molecule has 3 aromatic rings. The van der Waals surface area contributed by atoms with Crippen molar-refractivity contribution in [3.8, 4) is 11.5 Å². The van der Waals surface area contributed by atoms with Crippen LogP contribution in [-0.4, -0.2) is 47.3 Å². The first-order valence-corrected chi connectivity index (χ1v) is 12.6. The zero-order valence-corrected chi connectivity index (χ0v) is 20.3. The first kappa shape index (κ1) is 25.7. The maximum atomic E-state index is 13.2. The Balaban J connectivity index is 1.75. The number of halogens is 1. The number of likely N-dealkylation sites (N-methyl/N-ethyl adjacent to an activating group) is 1. The van der Waals surface area contributed by atoms with Crippen molar-refractivity contribution in [1.82, 2.24) is 14.9 Å². The minimum absolute atomic E-state index is 0.0680. The van der Waals surface area contributed by atoms with Gasteiger partial charge in [-0.05, 0) is 55.5 Å². The van der Waals surface area contributed by atoms with Gasteiger partial charge in [-0.15, -0.1) is 0 Å². The van der Waals surface area contributed by atoms with Gasteiger partial charge in [-0.1, -0.05) is 12.1 Å². The molecule has 2 N–H and O–H groups in total. The molecular formula is C22H24FN3O6S2. The molecule has 0 spiro atoms. The fourth-order valence-corrected chi connectivity index (χ4v) is 5.69. The molecule has 182 valence electrons. The van der Waals surface area contributed by atoms with Crippen LogP contribution in [0, 0.1) is 12.7 Å². The summed E-state index contributed by atoms with van der Waals surface area (Å²) in [6.45, 7) is 3.44. The van der Waals surface area contributed by atoms with E-state index in [-0.39, 0.29) is 4.90 Å². The second-order valence-corrected chi connectivity index (χ2v) is 10.8. The van der Waals surface area contributed by atoms with Gasteiger partial charge >= 0.3 is 0 Å². The molecule has 0 saturated heterocycles. The van der Waals surface area contributed by atoms with Gasteiger partial charge in [0.15, 0.2) is 0 Å². The smallest absolute Gasteiger partial charge is 0.262 e. The van der Waals surface area contributed by atoms with Crippen LogP contribution in [-0.2, 0) is 20.6 Å². The zero-order chi connectivity index (χ0) is 24.9. The molecule has 0 aliphatic carbocycles. The van der Waals surface area contributed by atoms with Gasteiger partial charge in [-0.25, -0.2) is 18.3 Å². The third-order valence-corrected chi connectivity index (χ3v) is 8.04. The summed E-state index contributed by atoms with van der Waals surface area (Å²) in [4.78, 5) is 12.3. The predicted octanol–water partition coefficient (Wildman–Crippen LogP) is 3.73. The van der Waals surface area contributed by atoms with E-state index in [1.807, 2.05) is 0 Å². The molecule has 2 atom stereocenters. The molecule has 12 heteroatoms. The summed E-state index contributed by atoms with van der Waals surface area (Å²) >= 11 is 1.29. The van der Waals surface area contributed by atoms with Crippen LogP contribution in [0.3, 0.4) is 0 Å². The molecule has 34 heavy (non-hydrogen) atoms. The number of nitrogens with one attached hydrogen (secondary N) is 1. The number of amides is 1. The number of aryl methyl sites for hydroxylation is 1. The monoisotopic (exact) mass is 509 g/mol. The molecule has 0 radical (unpaired) electrons. The van der Waals surface area contributed by atoms with Gasteiger partial charge in [0.25, 0.3) is 5.91 Å². The Kier molecular flexibility index (Phi) is 8.31. The predicted molar refractivity (Wildman–Crippen MR) is 124 cm³/mol. The molecule has 3 rings (SSSR count). The molecule has 0 bridgehead atoms. The standard InChI is InChI=1S/C22H24FN3O6S2/c1-14-12-17(25-32-14)13-33-15(2)21(22(27)24-28)26(3)34(29,30)20-10-8-19(9-11-20)31-18-6-4-16(23)5-7-18/h4-12,15,21,28H,13H2,1-3H3,(H,24,27)/t15-,21?/m1/s1. The van der Waals surface area contributed by atoms with Crippen LogP contribution in [0.25, 0.3) is 0 Å². The Morgan fingerprint density at radius 3 is 2.32 bits per heavy atom. The van der Waals surface area contributed by atoms with Gasteiger partial charge in [0, 0.05) is 24.1 Å². The Morgan fingerprint density at radius 1 is 1.21 bits per heavy atom. The minimum Gasteiger partial charge on any atom is -0.457 e. The first-order chi connectivity index (χ1) is 16.1. The summed E-state index contributed by atoms with van der Waals surface area (Å²) in [5, 5.41) is 12.6. The lowest BCUT2D eigenvalue weighted by atomic mass is 10.2. The number of hydroxylamine groups is 1. The average molecular weight is 510 g/mol. The lowest BCUT2D eigenvalue weighted by Crippen LogP contribution is -2.51. The van der Waals surface area contributed by atoms with Crippen molar-refractivity contribution in [3.63, 3.8) is 0 Å². The molecule has 0 aliphatic rings. The average Bonchev–Trinajstić information content (AvgIpc) is 3.24. The van der Waals surface area contributed by atoms with Gasteiger partial charge in [0.2, 0.25) is 10.0 Å². The van der Waals surface area contributed by atoms with Gasteiger partial charge in [0.1, 0.15) is 29.1 Å². The number of ether oxygens (including phenoxy) is 1. The Hall–Kier alpha value is -2.93. The number of hydrogen-bond acceptors (Lipinski definition) is 8. The van der Waals surface area contributed by atoms with E-state index < -0.39 is 33.0 Å². The van der Waals surface area contributed by atoms with Gasteiger partial charge in [-0.3, -0.25) is 10.0 Å². The van der Waals surface area contributed by atoms with E-state index in [2.05, 4.69) is 5.16 Å². The summed E-state index contributed by atoms with van der Waals surface area (Å²) in [6.07, 6.45) is 0. The highest BCUT2D eigenvalue weighted by Gasteiger charge is 2.37. The van der Waals surface area contributed by atoms with Crippen molar-refractivity contribution in [2.75, 3.05) is 7.05 Å². The molecule has 0 aliphatic heterocycles. The number of hydrogen-bond donors (Lipinski definition) is 2. The summed E-state index contributed by atoms with van der Waals surface area (Å²) < 4.78 is 51.0. The summed E-state index contributed by atoms with van der Waals surface area (Å²) in [7, 11) is -2.83. The van der Waals surface area contributed by atoms with Crippen LogP contribution in [0.1, 0.15) is 18.4 Å². The molecule has 1 heterocycles. The van der Waals surface area contributed by atoms with Crippen LogP contribution in [0.15, 0.2) is 64.0 Å². The van der Waals surface area contributed by atoms with E-state index in [9.17, 15) is 22.8 Å². The van der Waals surface area contributed by atoms with Crippen molar-refractivity contribution in [3.05, 3.63) is 71.9 Å². The number of nitrogens with zero attached hydrogens (tertiary/aromatic N) is 2. The highest BCUT2D eigenvalue weighted by Crippen LogP contribution is 2.28. The first-order valence-electron chi connectivity index (χ1n) is 10.1. The van der Waals surface area contributed by atoms with Crippen LogP contribution >= 0.6 is 11.8 Å². The quantitative estimate of drug-likeness (QED) is 0.313. The second kappa shape index (κ2) is 11.0. The summed E-state index contributed by atoms with van der Waals surface area (Å²) in [6, 6.07) is 11.5. The van der Waals surface area contributed by atoms with Crippen molar-refractivity contribution in [2.45, 2.75) is 35.8 Å². The van der Waals surface area contributed by atoms with E-state index in [1.165, 1.54) is 67.3 Å². The normalized spacial score (nSPS) is 13.5. The number of carbonyl (C=O) groups excluding carboxylic acids is 1. The fourth-order valence-electron chi connectivity index (χ4n) is 3.17. The third-order valence-electron chi connectivity index (χ3n) is 4.94. The molecule has 1 unspecified atom stereocenters. The minimum atomic E-state index is -4.10. The molecule has 2 aromatic carbocycles. The van der Waals surface area contributed by atoms with Crippen molar-refractivity contribution < 1.29 is 32.1 Å². The molecule has 1 amide bonds. The number of carbonyl (C=O) groups is 1. The molecule has 1 aromatic heterocycles. The Bertz CT molecular complexity index is 1220. The molecule has 0 saturated carbocycles. The Morgan fingerprint density at radius 2 is 1.79 bits per heavy atom. The maximum Gasteiger partial charge on any atom is 0.262 e. The topological polar surface area (TPSA) is 122 Å². The third kappa shape index (κ3) is 6.14. The van der Waals surface area contributed by atoms with Gasteiger partial charge in [0.05, 0.1) is 10.6 Å². The maximum absolute atomic E-state index is 13.2. The molecule has 0 fully saturated rings. The van der Waals surface area contributed by atoms with E-state index >= 15 is 0 Å². The van der Waals surface area contributed by atoms with Crippen LogP contribution < -0.4 is 10.2 Å². The van der Waals surface area contributed by atoms with Crippen molar-refractivity contribution in [1.29, 1.82) is 0 Å². The zero-order valence-electron chi connectivity index (χ0n) is 18.6. The Labute approximate surface area is 200 Å². The highest BCUT2D eigenvalue weighted by atomic mass is 32.2.